The van der Waals surface area contributed by atoms with E-state index in [-0.39, 0.29) is 0 Å². The van der Waals surface area contributed by atoms with Crippen LogP contribution >= 0.6 is 0 Å². The van der Waals surface area contributed by atoms with Crippen molar-refractivity contribution >= 4 is 11.5 Å². The molecule has 1 fully saturated rings. The third-order valence-corrected chi connectivity index (χ3v) is 4.86. The summed E-state index contributed by atoms with van der Waals surface area (Å²) in [6, 6.07) is 7.56. The first-order valence-electron chi connectivity index (χ1n) is 9.40. The van der Waals surface area contributed by atoms with Gasteiger partial charge in [0.2, 0.25) is 5.88 Å². The molecule has 0 atom stereocenters. The first-order chi connectivity index (χ1) is 13.7. The van der Waals surface area contributed by atoms with Gasteiger partial charge in [-0.2, -0.15) is 5.10 Å². The largest absolute Gasteiger partial charge is 0.459 e. The highest BCUT2D eigenvalue weighted by atomic mass is 16.5. The van der Waals surface area contributed by atoms with Crippen LogP contribution in [0.25, 0.3) is 11.5 Å². The van der Waals surface area contributed by atoms with Gasteiger partial charge in [0.05, 0.1) is 11.6 Å². The van der Waals surface area contributed by atoms with Crippen molar-refractivity contribution in [2.45, 2.75) is 38.6 Å². The van der Waals surface area contributed by atoms with Gasteiger partial charge in [0.1, 0.15) is 17.8 Å². The van der Waals surface area contributed by atoms with Crippen LogP contribution in [0.1, 0.15) is 44.2 Å². The molecule has 0 unspecified atom stereocenters. The van der Waals surface area contributed by atoms with Gasteiger partial charge in [-0.05, 0) is 32.0 Å². The van der Waals surface area contributed by atoms with Crippen LogP contribution in [0.2, 0.25) is 0 Å². The van der Waals surface area contributed by atoms with Crippen LogP contribution < -0.4 is 10.1 Å². The Kier molecular flexibility index (Phi) is 4.97. The predicted octanol–water partition coefficient (Wildman–Crippen LogP) is 5.39. The molecule has 144 valence electrons. The summed E-state index contributed by atoms with van der Waals surface area (Å²) >= 11 is 0. The normalized spacial score (nSPS) is 14.2. The van der Waals surface area contributed by atoms with Crippen LogP contribution in [0, 0.1) is 5.41 Å². The maximum absolute atomic E-state index is 8.30. The number of ether oxygens (including phenoxy) is 1. The smallest absolute Gasteiger partial charge is 0.219 e. The summed E-state index contributed by atoms with van der Waals surface area (Å²) in [5.41, 5.74) is 1.75. The van der Waals surface area contributed by atoms with Crippen molar-refractivity contribution in [3.63, 3.8) is 0 Å². The summed E-state index contributed by atoms with van der Waals surface area (Å²) < 4.78 is 13.5. The Bertz CT molecular complexity index is 984. The van der Waals surface area contributed by atoms with Crippen LogP contribution in [0.3, 0.4) is 0 Å². The fraction of sp³-hybridized carbons (Fsp3) is 0.286. The average Bonchev–Trinajstić information content (AvgIpc) is 3.42. The minimum absolute atomic E-state index is 0.313. The van der Waals surface area contributed by atoms with Crippen molar-refractivity contribution in [1.82, 2.24) is 14.8 Å². The van der Waals surface area contributed by atoms with E-state index in [0.29, 0.717) is 40.4 Å². The Balaban J connectivity index is 1.73. The number of nitrogens with one attached hydrogen (secondary N) is 2. The van der Waals surface area contributed by atoms with E-state index in [2.05, 4.69) is 16.9 Å². The molecule has 3 aromatic heterocycles. The lowest BCUT2D eigenvalue weighted by Gasteiger charge is -2.14. The summed E-state index contributed by atoms with van der Waals surface area (Å²) in [6.07, 6.45) is 9.36. The molecular weight excluding hydrogens is 354 g/mol. The lowest BCUT2D eigenvalue weighted by molar-refractivity contribution is 0.450. The molecule has 7 nitrogen and oxygen atoms in total. The first-order valence-corrected chi connectivity index (χ1v) is 9.40. The van der Waals surface area contributed by atoms with Crippen LogP contribution in [0.4, 0.5) is 5.82 Å². The standard InChI is InChI=1S/C21H23N5O2/c1-3-23-21-19(14(2)22)20(25-26(21)15-8-4-5-9-15)17-12-16(13-27-17)28-18-10-6-7-11-24-18/h3,6-7,10-13,15,22-23H,1,4-5,8-9H2,2H3. The zero-order valence-corrected chi connectivity index (χ0v) is 15.8. The minimum atomic E-state index is 0.313. The molecular formula is C21H23N5O2. The van der Waals surface area contributed by atoms with E-state index in [4.69, 9.17) is 19.7 Å². The van der Waals surface area contributed by atoms with Gasteiger partial charge in [0, 0.05) is 24.0 Å². The fourth-order valence-electron chi connectivity index (χ4n) is 3.63. The molecule has 0 radical (unpaired) electrons. The number of rotatable bonds is 7. The van der Waals surface area contributed by atoms with Gasteiger partial charge in [-0.1, -0.05) is 25.5 Å². The van der Waals surface area contributed by atoms with Crippen LogP contribution in [0.15, 0.2) is 53.9 Å². The van der Waals surface area contributed by atoms with E-state index < -0.39 is 0 Å². The molecule has 3 heterocycles. The van der Waals surface area contributed by atoms with Crippen LogP contribution in [0.5, 0.6) is 11.6 Å². The number of hydrogen-bond acceptors (Lipinski definition) is 6. The van der Waals surface area contributed by atoms with Gasteiger partial charge in [-0.3, -0.25) is 0 Å². The highest BCUT2D eigenvalue weighted by Crippen LogP contribution is 2.38. The van der Waals surface area contributed by atoms with E-state index in [1.54, 1.807) is 31.5 Å². The summed E-state index contributed by atoms with van der Waals surface area (Å²) in [6.45, 7) is 5.54. The monoisotopic (exact) mass is 377 g/mol. The van der Waals surface area contributed by atoms with Crippen molar-refractivity contribution in [2.75, 3.05) is 5.32 Å². The second-order valence-electron chi connectivity index (χ2n) is 6.85. The average molecular weight is 377 g/mol. The van der Waals surface area contributed by atoms with Crippen LogP contribution in [-0.4, -0.2) is 20.5 Å². The predicted molar refractivity (Wildman–Crippen MR) is 108 cm³/mol. The van der Waals surface area contributed by atoms with Crippen LogP contribution in [-0.2, 0) is 0 Å². The van der Waals surface area contributed by atoms with E-state index in [9.17, 15) is 0 Å². The Morgan fingerprint density at radius 1 is 1.39 bits per heavy atom. The zero-order valence-electron chi connectivity index (χ0n) is 15.8. The molecule has 28 heavy (non-hydrogen) atoms. The summed E-state index contributed by atoms with van der Waals surface area (Å²) in [7, 11) is 0. The number of furan rings is 1. The Morgan fingerprint density at radius 3 is 2.89 bits per heavy atom. The van der Waals surface area contributed by atoms with E-state index in [1.807, 2.05) is 16.8 Å². The Labute approximate surface area is 163 Å². The maximum atomic E-state index is 8.30. The molecule has 1 aliphatic carbocycles. The molecule has 0 spiro atoms. The number of hydrogen-bond donors (Lipinski definition) is 2. The molecule has 3 aromatic rings. The van der Waals surface area contributed by atoms with Gasteiger partial charge in [-0.15, -0.1) is 0 Å². The Hall–Kier alpha value is -3.35. The molecule has 7 heteroatoms. The van der Waals surface area contributed by atoms with Crippen molar-refractivity contribution in [2.24, 2.45) is 0 Å². The van der Waals surface area contributed by atoms with Crippen molar-refractivity contribution < 1.29 is 9.15 Å². The molecule has 0 aromatic carbocycles. The molecule has 0 amide bonds. The lowest BCUT2D eigenvalue weighted by Crippen LogP contribution is -2.10. The quantitative estimate of drug-likeness (QED) is 0.539. The number of nitrogens with zero attached hydrogens (tertiary/aromatic N) is 3. The molecule has 1 aliphatic rings. The number of anilines is 1. The van der Waals surface area contributed by atoms with Crippen molar-refractivity contribution in [3.8, 4) is 23.1 Å². The lowest BCUT2D eigenvalue weighted by atomic mass is 10.1. The zero-order chi connectivity index (χ0) is 19.5. The van der Waals surface area contributed by atoms with Crippen molar-refractivity contribution in [3.05, 3.63) is 55.1 Å². The van der Waals surface area contributed by atoms with E-state index in [0.717, 1.165) is 18.7 Å². The third kappa shape index (κ3) is 3.43. The molecule has 0 saturated heterocycles. The molecule has 2 N–H and O–H groups in total. The molecule has 4 rings (SSSR count). The topological polar surface area (TPSA) is 89.0 Å². The summed E-state index contributed by atoms with van der Waals surface area (Å²) in [4.78, 5) is 4.16. The maximum Gasteiger partial charge on any atom is 0.219 e. The van der Waals surface area contributed by atoms with Crippen molar-refractivity contribution in [1.29, 1.82) is 5.41 Å². The number of pyridine rings is 1. The Morgan fingerprint density at radius 2 is 2.21 bits per heavy atom. The third-order valence-electron chi connectivity index (χ3n) is 4.86. The minimum Gasteiger partial charge on any atom is -0.459 e. The first kappa shape index (κ1) is 18.0. The second kappa shape index (κ2) is 7.72. The van der Waals surface area contributed by atoms with Gasteiger partial charge >= 0.3 is 0 Å². The van der Waals surface area contributed by atoms with Gasteiger partial charge < -0.3 is 19.9 Å². The molecule has 0 bridgehead atoms. The fourth-order valence-corrected chi connectivity index (χ4v) is 3.63. The molecule has 0 aliphatic heterocycles. The van der Waals surface area contributed by atoms with E-state index >= 15 is 0 Å². The second-order valence-corrected chi connectivity index (χ2v) is 6.85. The SMILES string of the molecule is C=CNc1c(C(C)=N)c(-c2cc(Oc3ccccn3)co2)nn1C1CCCC1. The number of aromatic nitrogens is 3. The summed E-state index contributed by atoms with van der Waals surface area (Å²) in [5, 5.41) is 16.3. The highest BCUT2D eigenvalue weighted by Gasteiger charge is 2.28. The van der Waals surface area contributed by atoms with Gasteiger partial charge in [-0.25, -0.2) is 9.67 Å². The van der Waals surface area contributed by atoms with Gasteiger partial charge in [0.15, 0.2) is 11.5 Å². The van der Waals surface area contributed by atoms with Gasteiger partial charge in [0.25, 0.3) is 0 Å². The van der Waals surface area contributed by atoms with E-state index in [1.165, 1.54) is 19.1 Å². The summed E-state index contributed by atoms with van der Waals surface area (Å²) in [5.74, 6) is 2.36. The molecule has 1 saturated carbocycles. The highest BCUT2D eigenvalue weighted by molar-refractivity contribution is 6.06.